The molecule has 0 aliphatic carbocycles. The Morgan fingerprint density at radius 3 is 2.65 bits per heavy atom. The van der Waals surface area contributed by atoms with Crippen molar-refractivity contribution in [3.05, 3.63) is 18.1 Å². The lowest BCUT2D eigenvalue weighted by atomic mass is 10.3. The van der Waals surface area contributed by atoms with Crippen LogP contribution in [-0.2, 0) is 0 Å². The number of carbonyl (C=O) groups excluding carboxylic acids is 1. The van der Waals surface area contributed by atoms with Crippen molar-refractivity contribution in [3.8, 4) is 0 Å². The van der Waals surface area contributed by atoms with Crippen molar-refractivity contribution in [1.29, 1.82) is 0 Å². The van der Waals surface area contributed by atoms with E-state index in [1.165, 1.54) is 6.33 Å². The summed E-state index contributed by atoms with van der Waals surface area (Å²) >= 11 is 0. The lowest BCUT2D eigenvalue weighted by Crippen LogP contribution is -2.32. The van der Waals surface area contributed by atoms with Gasteiger partial charge in [0.1, 0.15) is 17.8 Å². The highest BCUT2D eigenvalue weighted by atomic mass is 16.1. The van der Waals surface area contributed by atoms with E-state index in [-0.39, 0.29) is 5.91 Å². The van der Waals surface area contributed by atoms with Crippen LogP contribution in [0.2, 0.25) is 0 Å². The SMILES string of the molecule is CCCCN(C)c1cc(C(=O)NCCN(C)C)ncn1. The van der Waals surface area contributed by atoms with Crippen LogP contribution in [-0.4, -0.2) is 61.6 Å². The number of unbranched alkanes of at least 4 members (excludes halogenated alkanes) is 1. The van der Waals surface area contributed by atoms with E-state index >= 15 is 0 Å². The molecule has 1 aromatic heterocycles. The van der Waals surface area contributed by atoms with Crippen molar-refractivity contribution in [3.63, 3.8) is 0 Å². The van der Waals surface area contributed by atoms with E-state index in [0.717, 1.165) is 31.7 Å². The predicted octanol–water partition coefficient (Wildman–Crippen LogP) is 1.00. The highest BCUT2D eigenvalue weighted by Crippen LogP contribution is 2.09. The number of anilines is 1. The number of aromatic nitrogens is 2. The Balaban J connectivity index is 2.60. The second kappa shape index (κ2) is 8.47. The molecule has 0 radical (unpaired) electrons. The van der Waals surface area contributed by atoms with Gasteiger partial charge in [0, 0.05) is 32.7 Å². The second-order valence-electron chi connectivity index (χ2n) is 5.10. The van der Waals surface area contributed by atoms with Gasteiger partial charge in [0.05, 0.1) is 0 Å². The molecule has 1 heterocycles. The summed E-state index contributed by atoms with van der Waals surface area (Å²) in [6, 6.07) is 1.74. The van der Waals surface area contributed by atoms with Gasteiger partial charge in [-0.15, -0.1) is 0 Å². The predicted molar refractivity (Wildman–Crippen MR) is 81.1 cm³/mol. The largest absolute Gasteiger partial charge is 0.360 e. The molecule has 0 saturated heterocycles. The topological polar surface area (TPSA) is 61.4 Å². The van der Waals surface area contributed by atoms with Gasteiger partial charge in [-0.25, -0.2) is 9.97 Å². The quantitative estimate of drug-likeness (QED) is 0.769. The zero-order valence-electron chi connectivity index (χ0n) is 12.9. The van der Waals surface area contributed by atoms with Crippen molar-refractivity contribution in [1.82, 2.24) is 20.2 Å². The van der Waals surface area contributed by atoms with Gasteiger partial charge in [0.25, 0.3) is 5.91 Å². The zero-order valence-corrected chi connectivity index (χ0v) is 12.9. The smallest absolute Gasteiger partial charge is 0.270 e. The lowest BCUT2D eigenvalue weighted by molar-refractivity contribution is 0.0946. The minimum Gasteiger partial charge on any atom is -0.360 e. The highest BCUT2D eigenvalue weighted by molar-refractivity contribution is 5.92. The maximum absolute atomic E-state index is 12.0. The van der Waals surface area contributed by atoms with Crippen LogP contribution in [0.15, 0.2) is 12.4 Å². The summed E-state index contributed by atoms with van der Waals surface area (Å²) in [6.07, 6.45) is 3.68. The van der Waals surface area contributed by atoms with Crippen LogP contribution in [0, 0.1) is 0 Å². The van der Waals surface area contributed by atoms with Gasteiger partial charge >= 0.3 is 0 Å². The first-order valence-corrected chi connectivity index (χ1v) is 7.00. The maximum atomic E-state index is 12.0. The summed E-state index contributed by atoms with van der Waals surface area (Å²) in [6.45, 7) is 4.49. The number of carbonyl (C=O) groups is 1. The van der Waals surface area contributed by atoms with E-state index in [1.807, 2.05) is 30.9 Å². The standard InChI is InChI=1S/C14H25N5O/c1-5-6-8-19(4)13-10-12(16-11-17-13)14(20)15-7-9-18(2)3/h10-11H,5-9H2,1-4H3,(H,15,20). The molecule has 0 atom stereocenters. The Morgan fingerprint density at radius 2 is 2.00 bits per heavy atom. The van der Waals surface area contributed by atoms with Gasteiger partial charge in [-0.2, -0.15) is 0 Å². The minimum absolute atomic E-state index is 0.153. The molecule has 0 unspecified atom stereocenters. The average Bonchev–Trinajstić information content (AvgIpc) is 2.44. The van der Waals surface area contributed by atoms with E-state index in [1.54, 1.807) is 6.07 Å². The van der Waals surface area contributed by atoms with Crippen LogP contribution in [0.4, 0.5) is 5.82 Å². The number of nitrogens with one attached hydrogen (secondary N) is 1. The fourth-order valence-corrected chi connectivity index (χ4v) is 1.67. The molecule has 1 N–H and O–H groups in total. The van der Waals surface area contributed by atoms with Crippen molar-refractivity contribution in [2.45, 2.75) is 19.8 Å². The van der Waals surface area contributed by atoms with Crippen molar-refractivity contribution < 1.29 is 4.79 Å². The van der Waals surface area contributed by atoms with Crippen LogP contribution in [0.5, 0.6) is 0 Å². The van der Waals surface area contributed by atoms with Gasteiger partial charge < -0.3 is 15.1 Å². The molecule has 1 amide bonds. The minimum atomic E-state index is -0.153. The third-order valence-electron chi connectivity index (χ3n) is 2.97. The van der Waals surface area contributed by atoms with Gasteiger partial charge in [0.15, 0.2) is 0 Å². The molecule has 6 nitrogen and oxygen atoms in total. The van der Waals surface area contributed by atoms with Crippen LogP contribution in [0.25, 0.3) is 0 Å². The fourth-order valence-electron chi connectivity index (χ4n) is 1.67. The molecule has 0 spiro atoms. The number of rotatable bonds is 8. The second-order valence-corrected chi connectivity index (χ2v) is 5.10. The third kappa shape index (κ3) is 5.52. The van der Waals surface area contributed by atoms with Gasteiger partial charge in [-0.05, 0) is 20.5 Å². The first-order valence-electron chi connectivity index (χ1n) is 7.00. The number of hydrogen-bond donors (Lipinski definition) is 1. The first-order chi connectivity index (χ1) is 9.54. The molecule has 0 aromatic carbocycles. The highest BCUT2D eigenvalue weighted by Gasteiger charge is 2.10. The number of likely N-dealkylation sites (N-methyl/N-ethyl adjacent to an activating group) is 1. The molecular formula is C14H25N5O. The number of hydrogen-bond acceptors (Lipinski definition) is 5. The zero-order chi connectivity index (χ0) is 15.0. The molecule has 0 bridgehead atoms. The van der Waals surface area contributed by atoms with Gasteiger partial charge in [-0.3, -0.25) is 4.79 Å². The van der Waals surface area contributed by atoms with Crippen molar-refractivity contribution >= 4 is 11.7 Å². The molecule has 0 saturated carbocycles. The molecule has 1 rings (SSSR count). The maximum Gasteiger partial charge on any atom is 0.270 e. The summed E-state index contributed by atoms with van der Waals surface area (Å²) in [7, 11) is 5.92. The first kappa shape index (κ1) is 16.4. The van der Waals surface area contributed by atoms with E-state index in [4.69, 9.17) is 0 Å². The van der Waals surface area contributed by atoms with Crippen LogP contribution < -0.4 is 10.2 Å². The Labute approximate surface area is 121 Å². The lowest BCUT2D eigenvalue weighted by Gasteiger charge is -2.17. The molecule has 1 aromatic rings. The summed E-state index contributed by atoms with van der Waals surface area (Å²) in [4.78, 5) is 24.3. The Hall–Kier alpha value is -1.69. The number of nitrogens with zero attached hydrogens (tertiary/aromatic N) is 4. The molecular weight excluding hydrogens is 254 g/mol. The van der Waals surface area contributed by atoms with Gasteiger partial charge in [0.2, 0.25) is 0 Å². The number of amides is 1. The molecule has 6 heteroatoms. The average molecular weight is 279 g/mol. The molecule has 20 heavy (non-hydrogen) atoms. The summed E-state index contributed by atoms with van der Waals surface area (Å²) in [5, 5.41) is 2.85. The summed E-state index contributed by atoms with van der Waals surface area (Å²) in [5.41, 5.74) is 0.414. The van der Waals surface area contributed by atoms with Gasteiger partial charge in [-0.1, -0.05) is 13.3 Å². The third-order valence-corrected chi connectivity index (χ3v) is 2.97. The van der Waals surface area contributed by atoms with Crippen LogP contribution in [0.3, 0.4) is 0 Å². The Kier molecular flexibility index (Phi) is 6.93. The fraction of sp³-hybridized carbons (Fsp3) is 0.643. The van der Waals surface area contributed by atoms with E-state index in [2.05, 4.69) is 22.2 Å². The van der Waals surface area contributed by atoms with E-state index < -0.39 is 0 Å². The van der Waals surface area contributed by atoms with Crippen LogP contribution in [0.1, 0.15) is 30.3 Å². The summed E-state index contributed by atoms with van der Waals surface area (Å²) in [5.74, 6) is 0.630. The molecule has 0 aliphatic rings. The molecule has 0 fully saturated rings. The normalized spacial score (nSPS) is 10.7. The molecule has 0 aliphatic heterocycles. The molecule has 112 valence electrons. The van der Waals surface area contributed by atoms with Crippen LogP contribution >= 0.6 is 0 Å². The Bertz CT molecular complexity index is 422. The monoisotopic (exact) mass is 279 g/mol. The van der Waals surface area contributed by atoms with E-state index in [9.17, 15) is 4.79 Å². The Morgan fingerprint density at radius 1 is 1.25 bits per heavy atom. The van der Waals surface area contributed by atoms with Crippen molar-refractivity contribution in [2.75, 3.05) is 45.7 Å². The van der Waals surface area contributed by atoms with Crippen molar-refractivity contribution in [2.24, 2.45) is 0 Å². The summed E-state index contributed by atoms with van der Waals surface area (Å²) < 4.78 is 0. The van der Waals surface area contributed by atoms with E-state index in [0.29, 0.717) is 12.2 Å².